The van der Waals surface area contributed by atoms with Crippen molar-refractivity contribution >= 4 is 5.91 Å². The molecule has 0 bridgehead atoms. The van der Waals surface area contributed by atoms with E-state index in [1.54, 1.807) is 7.11 Å². The van der Waals surface area contributed by atoms with Crippen LogP contribution in [0.15, 0.2) is 24.3 Å². The zero-order valence-corrected chi connectivity index (χ0v) is 12.1. The maximum absolute atomic E-state index is 11.9. The minimum Gasteiger partial charge on any atom is -0.497 e. The minimum absolute atomic E-state index is 0.180. The zero-order chi connectivity index (χ0) is 14.2. The van der Waals surface area contributed by atoms with Crippen molar-refractivity contribution < 1.29 is 14.3 Å². The van der Waals surface area contributed by atoms with E-state index in [-0.39, 0.29) is 11.8 Å². The third kappa shape index (κ3) is 4.44. The molecule has 1 aromatic carbocycles. The van der Waals surface area contributed by atoms with Gasteiger partial charge in [-0.25, -0.2) is 0 Å². The van der Waals surface area contributed by atoms with Crippen LogP contribution in [0.25, 0.3) is 0 Å². The monoisotopic (exact) mass is 277 g/mol. The Hall–Kier alpha value is -1.71. The quantitative estimate of drug-likeness (QED) is 0.813. The second-order valence-corrected chi connectivity index (χ2v) is 5.15. The fourth-order valence-electron chi connectivity index (χ4n) is 2.54. The number of methoxy groups -OCH3 is 1. The molecule has 0 aliphatic heterocycles. The number of hydrogen-bond acceptors (Lipinski definition) is 3. The molecule has 1 aromatic rings. The van der Waals surface area contributed by atoms with Crippen LogP contribution < -0.4 is 14.8 Å². The van der Waals surface area contributed by atoms with Gasteiger partial charge >= 0.3 is 0 Å². The first-order valence-electron chi connectivity index (χ1n) is 7.34. The maximum Gasteiger partial charge on any atom is 0.223 e. The number of nitrogens with one attached hydrogen (secondary N) is 1. The third-order valence-corrected chi connectivity index (χ3v) is 3.69. The van der Waals surface area contributed by atoms with Crippen molar-refractivity contribution in [2.24, 2.45) is 5.92 Å². The zero-order valence-electron chi connectivity index (χ0n) is 12.1. The molecule has 1 N–H and O–H groups in total. The fourth-order valence-corrected chi connectivity index (χ4v) is 2.54. The molecule has 0 aromatic heterocycles. The smallest absolute Gasteiger partial charge is 0.223 e. The molecule has 2 rings (SSSR count). The fraction of sp³-hybridized carbons (Fsp3) is 0.562. The number of rotatable bonds is 6. The molecule has 0 saturated heterocycles. The largest absolute Gasteiger partial charge is 0.497 e. The Morgan fingerprint density at radius 3 is 2.75 bits per heavy atom. The highest BCUT2D eigenvalue weighted by Gasteiger charge is 2.20. The number of ether oxygens (including phenoxy) is 2. The maximum atomic E-state index is 11.9. The van der Waals surface area contributed by atoms with E-state index >= 15 is 0 Å². The molecule has 110 valence electrons. The topological polar surface area (TPSA) is 47.6 Å². The molecule has 0 radical (unpaired) electrons. The molecule has 0 unspecified atom stereocenters. The van der Waals surface area contributed by atoms with E-state index in [4.69, 9.17) is 9.47 Å². The van der Waals surface area contributed by atoms with Gasteiger partial charge in [-0.05, 0) is 25.0 Å². The van der Waals surface area contributed by atoms with Crippen molar-refractivity contribution in [1.82, 2.24) is 5.32 Å². The number of carbonyl (C=O) groups is 1. The lowest BCUT2D eigenvalue weighted by Crippen LogP contribution is -2.34. The average Bonchev–Trinajstić information content (AvgIpc) is 2.52. The van der Waals surface area contributed by atoms with Crippen LogP contribution >= 0.6 is 0 Å². The van der Waals surface area contributed by atoms with Gasteiger partial charge in [0, 0.05) is 12.0 Å². The normalized spacial score (nSPS) is 15.7. The Bertz CT molecular complexity index is 427. The number of hydrogen-bond donors (Lipinski definition) is 1. The van der Waals surface area contributed by atoms with Gasteiger partial charge in [0.25, 0.3) is 0 Å². The van der Waals surface area contributed by atoms with Gasteiger partial charge in [0.1, 0.15) is 18.1 Å². The van der Waals surface area contributed by atoms with Crippen LogP contribution in [-0.4, -0.2) is 26.2 Å². The molecule has 1 aliphatic rings. The lowest BCUT2D eigenvalue weighted by atomic mass is 9.89. The van der Waals surface area contributed by atoms with Crippen LogP contribution in [0.2, 0.25) is 0 Å². The average molecular weight is 277 g/mol. The number of amides is 1. The Labute approximate surface area is 120 Å². The van der Waals surface area contributed by atoms with E-state index in [0.29, 0.717) is 13.2 Å². The van der Waals surface area contributed by atoms with Crippen molar-refractivity contribution in [2.75, 3.05) is 20.3 Å². The van der Waals surface area contributed by atoms with Crippen LogP contribution in [0.5, 0.6) is 11.5 Å². The van der Waals surface area contributed by atoms with Gasteiger partial charge in [-0.15, -0.1) is 0 Å². The molecule has 1 amide bonds. The van der Waals surface area contributed by atoms with Crippen molar-refractivity contribution in [1.29, 1.82) is 0 Å². The van der Waals surface area contributed by atoms with Gasteiger partial charge in [0.15, 0.2) is 0 Å². The summed E-state index contributed by atoms with van der Waals surface area (Å²) in [5.74, 6) is 1.92. The van der Waals surface area contributed by atoms with E-state index < -0.39 is 0 Å². The molecule has 20 heavy (non-hydrogen) atoms. The van der Waals surface area contributed by atoms with Crippen LogP contribution in [0.4, 0.5) is 0 Å². The summed E-state index contributed by atoms with van der Waals surface area (Å²) >= 11 is 0. The van der Waals surface area contributed by atoms with Gasteiger partial charge in [-0.3, -0.25) is 4.79 Å². The van der Waals surface area contributed by atoms with E-state index in [9.17, 15) is 4.79 Å². The predicted octanol–water partition coefficient (Wildman–Crippen LogP) is 2.77. The molecule has 4 nitrogen and oxygen atoms in total. The second kappa shape index (κ2) is 7.78. The molecule has 1 fully saturated rings. The lowest BCUT2D eigenvalue weighted by molar-refractivity contribution is -0.126. The second-order valence-electron chi connectivity index (χ2n) is 5.15. The van der Waals surface area contributed by atoms with Crippen LogP contribution in [0.3, 0.4) is 0 Å². The first kappa shape index (κ1) is 14.7. The van der Waals surface area contributed by atoms with Crippen molar-refractivity contribution in [3.63, 3.8) is 0 Å². The molecule has 1 aliphatic carbocycles. The SMILES string of the molecule is COc1cccc(OCCNC(=O)C2CCCCC2)c1. The van der Waals surface area contributed by atoms with E-state index in [1.165, 1.54) is 19.3 Å². The Morgan fingerprint density at radius 1 is 1.25 bits per heavy atom. The van der Waals surface area contributed by atoms with Crippen molar-refractivity contribution in [2.45, 2.75) is 32.1 Å². The minimum atomic E-state index is 0.180. The highest BCUT2D eigenvalue weighted by molar-refractivity contribution is 5.78. The summed E-state index contributed by atoms with van der Waals surface area (Å²) < 4.78 is 10.7. The lowest BCUT2D eigenvalue weighted by Gasteiger charge is -2.20. The summed E-state index contributed by atoms with van der Waals surface area (Å²) in [6.07, 6.45) is 5.69. The molecule has 1 saturated carbocycles. The van der Waals surface area contributed by atoms with Crippen LogP contribution in [0.1, 0.15) is 32.1 Å². The van der Waals surface area contributed by atoms with Crippen molar-refractivity contribution in [3.8, 4) is 11.5 Å². The summed E-state index contributed by atoms with van der Waals surface area (Å²) in [6.45, 7) is 1.03. The summed E-state index contributed by atoms with van der Waals surface area (Å²) in [4.78, 5) is 11.9. The van der Waals surface area contributed by atoms with E-state index in [1.807, 2.05) is 24.3 Å². The molecule has 0 atom stereocenters. The van der Waals surface area contributed by atoms with Crippen molar-refractivity contribution in [3.05, 3.63) is 24.3 Å². The summed E-state index contributed by atoms with van der Waals surface area (Å²) in [6, 6.07) is 7.47. The molecule has 0 spiro atoms. The summed E-state index contributed by atoms with van der Waals surface area (Å²) in [5.41, 5.74) is 0. The molecule has 4 heteroatoms. The standard InChI is InChI=1S/C16H23NO3/c1-19-14-8-5-9-15(12-14)20-11-10-17-16(18)13-6-3-2-4-7-13/h5,8-9,12-13H,2-4,6-7,10-11H2,1H3,(H,17,18). The first-order valence-corrected chi connectivity index (χ1v) is 7.34. The Kier molecular flexibility index (Phi) is 5.71. The highest BCUT2D eigenvalue weighted by atomic mass is 16.5. The van der Waals surface area contributed by atoms with E-state index in [0.717, 1.165) is 24.3 Å². The van der Waals surface area contributed by atoms with Gasteiger partial charge in [-0.2, -0.15) is 0 Å². The Balaban J connectivity index is 1.66. The molecular formula is C16H23NO3. The van der Waals surface area contributed by atoms with Gasteiger partial charge in [-0.1, -0.05) is 25.3 Å². The molecule has 0 heterocycles. The van der Waals surface area contributed by atoms with E-state index in [2.05, 4.69) is 5.32 Å². The number of carbonyl (C=O) groups excluding carboxylic acids is 1. The third-order valence-electron chi connectivity index (χ3n) is 3.69. The summed E-state index contributed by atoms with van der Waals surface area (Å²) in [5, 5.41) is 2.96. The predicted molar refractivity (Wildman–Crippen MR) is 78.1 cm³/mol. The Morgan fingerprint density at radius 2 is 2.00 bits per heavy atom. The first-order chi connectivity index (χ1) is 9.79. The van der Waals surface area contributed by atoms with Gasteiger partial charge < -0.3 is 14.8 Å². The number of benzene rings is 1. The summed E-state index contributed by atoms with van der Waals surface area (Å²) in [7, 11) is 1.63. The highest BCUT2D eigenvalue weighted by Crippen LogP contribution is 2.23. The van der Waals surface area contributed by atoms with Crippen LogP contribution in [-0.2, 0) is 4.79 Å². The van der Waals surface area contributed by atoms with Gasteiger partial charge in [0.2, 0.25) is 5.91 Å². The molecular weight excluding hydrogens is 254 g/mol. The van der Waals surface area contributed by atoms with Crippen LogP contribution in [0, 0.1) is 5.92 Å². The van der Waals surface area contributed by atoms with Gasteiger partial charge in [0.05, 0.1) is 13.7 Å².